The van der Waals surface area contributed by atoms with Crippen LogP contribution in [0.5, 0.6) is 0 Å². The highest BCUT2D eigenvalue weighted by atomic mass is 16.2. The summed E-state index contributed by atoms with van der Waals surface area (Å²) in [7, 11) is 1.82. The van der Waals surface area contributed by atoms with Crippen molar-refractivity contribution in [2.24, 2.45) is 10.9 Å². The molecule has 2 aromatic heterocycles. The number of nitrogens with zero attached hydrogens (tertiary/aromatic N) is 4. The standard InChI is InChI=1S/C21H25N5O/c1-3-4-18-19(13-23-20(18)22-2)15-8-11-25(12-9-15)21(27)16-5-6-17-7-10-24-26(17)14-16/h4-7,10,13-15H,3,8-9,11-12H2,1-2H3,(H,22,23)/b18-4-. The van der Waals surface area contributed by atoms with E-state index in [0.717, 1.165) is 43.7 Å². The summed E-state index contributed by atoms with van der Waals surface area (Å²) in [6.07, 6.45) is 10.8. The van der Waals surface area contributed by atoms with E-state index in [0.29, 0.717) is 11.5 Å². The average Bonchev–Trinajstić information content (AvgIpc) is 3.34. The lowest BCUT2D eigenvalue weighted by Gasteiger charge is -2.33. The lowest BCUT2D eigenvalue weighted by molar-refractivity contribution is 0.0702. The number of carbonyl (C=O) groups excluding carboxylic acids is 1. The fourth-order valence-electron chi connectivity index (χ4n) is 4.00. The number of carbonyl (C=O) groups is 1. The van der Waals surface area contributed by atoms with Crippen LogP contribution in [0.15, 0.2) is 59.0 Å². The summed E-state index contributed by atoms with van der Waals surface area (Å²) < 4.78 is 1.75. The van der Waals surface area contributed by atoms with Crippen molar-refractivity contribution >= 4 is 17.3 Å². The van der Waals surface area contributed by atoms with Gasteiger partial charge in [0.05, 0.1) is 11.1 Å². The molecule has 0 radical (unpaired) electrons. The summed E-state index contributed by atoms with van der Waals surface area (Å²) in [5, 5.41) is 7.52. The summed E-state index contributed by atoms with van der Waals surface area (Å²) in [6.45, 7) is 3.69. The van der Waals surface area contributed by atoms with Crippen LogP contribution in [0.2, 0.25) is 0 Å². The lowest BCUT2D eigenvalue weighted by atomic mass is 9.85. The third-order valence-electron chi connectivity index (χ3n) is 5.43. The first kappa shape index (κ1) is 17.5. The van der Waals surface area contributed by atoms with E-state index in [2.05, 4.69) is 34.6 Å². The average molecular weight is 363 g/mol. The molecule has 2 aliphatic rings. The van der Waals surface area contributed by atoms with Gasteiger partial charge in [-0.25, -0.2) is 4.52 Å². The first-order valence-electron chi connectivity index (χ1n) is 9.58. The number of fused-ring (bicyclic) bond motifs is 1. The molecule has 6 heteroatoms. The Kier molecular flexibility index (Phi) is 4.79. The molecule has 140 valence electrons. The highest BCUT2D eigenvalue weighted by Crippen LogP contribution is 2.32. The number of aromatic nitrogens is 2. The van der Waals surface area contributed by atoms with E-state index in [1.54, 1.807) is 10.7 Å². The maximum Gasteiger partial charge on any atom is 0.255 e. The minimum atomic E-state index is 0.0875. The molecule has 1 saturated heterocycles. The number of allylic oxidation sites excluding steroid dienone is 1. The van der Waals surface area contributed by atoms with E-state index in [1.807, 2.05) is 36.3 Å². The van der Waals surface area contributed by atoms with Crippen molar-refractivity contribution in [2.75, 3.05) is 20.1 Å². The Labute approximate surface area is 159 Å². The molecule has 0 bridgehead atoms. The van der Waals surface area contributed by atoms with E-state index in [1.165, 1.54) is 11.1 Å². The zero-order chi connectivity index (χ0) is 18.8. The van der Waals surface area contributed by atoms with Crippen LogP contribution >= 0.6 is 0 Å². The first-order chi connectivity index (χ1) is 13.2. The Balaban J connectivity index is 1.44. The van der Waals surface area contributed by atoms with Crippen LogP contribution in [0.1, 0.15) is 36.5 Å². The van der Waals surface area contributed by atoms with E-state index in [-0.39, 0.29) is 5.91 Å². The fourth-order valence-corrected chi connectivity index (χ4v) is 4.00. The van der Waals surface area contributed by atoms with Gasteiger partial charge in [-0.15, -0.1) is 0 Å². The van der Waals surface area contributed by atoms with Crippen molar-refractivity contribution in [1.29, 1.82) is 0 Å². The summed E-state index contributed by atoms with van der Waals surface area (Å²) >= 11 is 0. The van der Waals surface area contributed by atoms with Gasteiger partial charge >= 0.3 is 0 Å². The highest BCUT2D eigenvalue weighted by Gasteiger charge is 2.30. The Morgan fingerprint density at radius 3 is 2.89 bits per heavy atom. The molecule has 4 rings (SSSR count). The van der Waals surface area contributed by atoms with E-state index < -0.39 is 0 Å². The molecule has 1 fully saturated rings. The van der Waals surface area contributed by atoms with Crippen LogP contribution in [0.4, 0.5) is 0 Å². The number of pyridine rings is 1. The van der Waals surface area contributed by atoms with Crippen molar-refractivity contribution in [3.63, 3.8) is 0 Å². The third kappa shape index (κ3) is 3.27. The van der Waals surface area contributed by atoms with Gasteiger partial charge in [0.25, 0.3) is 5.91 Å². The van der Waals surface area contributed by atoms with Gasteiger partial charge in [0.15, 0.2) is 0 Å². The monoisotopic (exact) mass is 363 g/mol. The number of amides is 1. The maximum absolute atomic E-state index is 12.9. The molecule has 27 heavy (non-hydrogen) atoms. The Morgan fingerprint density at radius 1 is 1.33 bits per heavy atom. The highest BCUT2D eigenvalue weighted by molar-refractivity contribution is 6.05. The normalized spacial score (nSPS) is 21.1. The summed E-state index contributed by atoms with van der Waals surface area (Å²) in [6, 6.07) is 5.76. The maximum atomic E-state index is 12.9. The molecular weight excluding hydrogens is 338 g/mol. The summed E-state index contributed by atoms with van der Waals surface area (Å²) in [4.78, 5) is 19.2. The minimum absolute atomic E-state index is 0.0875. The van der Waals surface area contributed by atoms with Crippen molar-refractivity contribution in [1.82, 2.24) is 19.8 Å². The molecule has 2 aliphatic heterocycles. The van der Waals surface area contributed by atoms with Crippen LogP contribution in [-0.4, -0.2) is 46.4 Å². The van der Waals surface area contributed by atoms with Gasteiger partial charge < -0.3 is 10.2 Å². The van der Waals surface area contributed by atoms with Gasteiger partial charge in [-0.05, 0) is 49.0 Å². The van der Waals surface area contributed by atoms with Gasteiger partial charge in [0, 0.05) is 44.3 Å². The number of likely N-dealkylation sites (tertiary alicyclic amines) is 1. The van der Waals surface area contributed by atoms with Crippen LogP contribution in [0, 0.1) is 5.92 Å². The van der Waals surface area contributed by atoms with Crippen LogP contribution in [0.25, 0.3) is 5.52 Å². The second-order valence-corrected chi connectivity index (χ2v) is 7.03. The number of amidine groups is 1. The predicted octanol–water partition coefficient (Wildman–Crippen LogP) is 3.04. The van der Waals surface area contributed by atoms with E-state index in [9.17, 15) is 4.79 Å². The molecule has 1 N–H and O–H groups in total. The van der Waals surface area contributed by atoms with Gasteiger partial charge in [0.1, 0.15) is 5.84 Å². The topological polar surface area (TPSA) is 62.0 Å². The Hall–Kier alpha value is -2.89. The third-order valence-corrected chi connectivity index (χ3v) is 5.43. The molecule has 0 saturated carbocycles. The van der Waals surface area contributed by atoms with Gasteiger partial charge in [-0.2, -0.15) is 5.10 Å². The van der Waals surface area contributed by atoms with Crippen molar-refractivity contribution in [3.8, 4) is 0 Å². The smallest absolute Gasteiger partial charge is 0.255 e. The number of hydrogen-bond donors (Lipinski definition) is 1. The van der Waals surface area contributed by atoms with Gasteiger partial charge in [0.2, 0.25) is 0 Å². The predicted molar refractivity (Wildman–Crippen MR) is 107 cm³/mol. The number of nitrogens with one attached hydrogen (secondary N) is 1. The zero-order valence-corrected chi connectivity index (χ0v) is 15.9. The largest absolute Gasteiger partial charge is 0.346 e. The van der Waals surface area contributed by atoms with Crippen LogP contribution in [0.3, 0.4) is 0 Å². The molecule has 0 atom stereocenters. The second-order valence-electron chi connectivity index (χ2n) is 7.03. The molecule has 4 heterocycles. The Bertz CT molecular complexity index is 944. The van der Waals surface area contributed by atoms with E-state index >= 15 is 0 Å². The fraction of sp³-hybridized carbons (Fsp3) is 0.381. The molecule has 2 aromatic rings. The first-order valence-corrected chi connectivity index (χ1v) is 9.58. The number of rotatable bonds is 3. The minimum Gasteiger partial charge on any atom is -0.346 e. The van der Waals surface area contributed by atoms with Gasteiger partial charge in [-0.1, -0.05) is 13.0 Å². The van der Waals surface area contributed by atoms with Gasteiger partial charge in [-0.3, -0.25) is 9.79 Å². The number of aliphatic imine (C=N–C) groups is 1. The zero-order valence-electron chi connectivity index (χ0n) is 15.9. The molecular formula is C21H25N5O. The quantitative estimate of drug-likeness (QED) is 0.912. The number of hydrogen-bond acceptors (Lipinski definition) is 3. The van der Waals surface area contributed by atoms with Crippen molar-refractivity contribution in [3.05, 3.63) is 59.6 Å². The summed E-state index contributed by atoms with van der Waals surface area (Å²) in [5.41, 5.74) is 4.25. The van der Waals surface area contributed by atoms with Crippen LogP contribution < -0.4 is 5.32 Å². The summed E-state index contributed by atoms with van der Waals surface area (Å²) in [5.74, 6) is 1.51. The Morgan fingerprint density at radius 2 is 2.15 bits per heavy atom. The van der Waals surface area contributed by atoms with E-state index in [4.69, 9.17) is 0 Å². The number of piperidine rings is 1. The molecule has 0 unspecified atom stereocenters. The molecule has 6 nitrogen and oxygen atoms in total. The lowest BCUT2D eigenvalue weighted by Crippen LogP contribution is -2.39. The van der Waals surface area contributed by atoms with Crippen molar-refractivity contribution in [2.45, 2.75) is 26.2 Å². The molecule has 1 amide bonds. The molecule has 0 spiro atoms. The molecule has 0 aliphatic carbocycles. The molecule has 0 aromatic carbocycles. The van der Waals surface area contributed by atoms with Crippen molar-refractivity contribution < 1.29 is 4.79 Å². The van der Waals surface area contributed by atoms with Crippen LogP contribution in [-0.2, 0) is 0 Å². The SMILES string of the molecule is CC/C=C1/C(C2CCN(C(=O)c3ccc4ccnn4c3)CC2)=CNC1=NC. The second kappa shape index (κ2) is 7.39.